The van der Waals surface area contributed by atoms with Gasteiger partial charge in [0.1, 0.15) is 11.6 Å². The van der Waals surface area contributed by atoms with Crippen LogP contribution in [-0.2, 0) is 12.0 Å². The van der Waals surface area contributed by atoms with Gasteiger partial charge in [-0.05, 0) is 48.2 Å². The van der Waals surface area contributed by atoms with Crippen LogP contribution in [0.25, 0.3) is 0 Å². The van der Waals surface area contributed by atoms with E-state index in [1.54, 1.807) is 18.2 Å². The van der Waals surface area contributed by atoms with Crippen molar-refractivity contribution in [3.05, 3.63) is 65.2 Å². The Bertz CT molecular complexity index is 644. The highest BCUT2D eigenvalue weighted by atomic mass is 19.1. The molecule has 0 aromatic heterocycles. The summed E-state index contributed by atoms with van der Waals surface area (Å²) in [6, 6.07) is 10.9. The summed E-state index contributed by atoms with van der Waals surface area (Å²) in [7, 11) is 0. The van der Waals surface area contributed by atoms with Gasteiger partial charge in [-0.15, -0.1) is 0 Å². The summed E-state index contributed by atoms with van der Waals surface area (Å²) < 4.78 is 27.1. The second-order valence-corrected chi connectivity index (χ2v) is 5.14. The average molecular weight is 275 g/mol. The van der Waals surface area contributed by atoms with Crippen LogP contribution < -0.4 is 5.32 Å². The van der Waals surface area contributed by atoms with Gasteiger partial charge in [-0.2, -0.15) is 0 Å². The van der Waals surface area contributed by atoms with Crippen molar-refractivity contribution in [2.75, 3.05) is 11.9 Å². The fraction of sp³-hybridized carbons (Fsp3) is 0.250. The van der Waals surface area contributed by atoms with Crippen molar-refractivity contribution in [1.82, 2.24) is 0 Å². The Morgan fingerprint density at radius 3 is 2.70 bits per heavy atom. The van der Waals surface area contributed by atoms with Crippen molar-refractivity contribution in [1.29, 1.82) is 0 Å². The number of hydrogen-bond acceptors (Lipinski definition) is 2. The fourth-order valence-electron chi connectivity index (χ4n) is 2.91. The highest BCUT2D eigenvalue weighted by Crippen LogP contribution is 2.40. The molecule has 0 aliphatic heterocycles. The smallest absolute Gasteiger partial charge is 0.126 e. The van der Waals surface area contributed by atoms with Crippen LogP contribution in [0.15, 0.2) is 42.5 Å². The van der Waals surface area contributed by atoms with E-state index in [-0.39, 0.29) is 18.2 Å². The van der Waals surface area contributed by atoms with Crippen LogP contribution in [0.5, 0.6) is 0 Å². The number of aliphatic hydroxyl groups excluding tert-OH is 1. The zero-order chi connectivity index (χ0) is 14.2. The molecule has 1 aliphatic carbocycles. The lowest BCUT2D eigenvalue weighted by Crippen LogP contribution is -2.37. The summed E-state index contributed by atoms with van der Waals surface area (Å²) in [6.45, 7) is -0.167. The molecule has 0 bridgehead atoms. The van der Waals surface area contributed by atoms with Crippen LogP contribution in [0.4, 0.5) is 14.5 Å². The Labute approximate surface area is 116 Å². The van der Waals surface area contributed by atoms with E-state index in [9.17, 15) is 13.9 Å². The van der Waals surface area contributed by atoms with E-state index in [2.05, 4.69) is 5.32 Å². The van der Waals surface area contributed by atoms with Crippen molar-refractivity contribution in [2.24, 2.45) is 0 Å². The van der Waals surface area contributed by atoms with E-state index in [1.165, 1.54) is 18.2 Å². The topological polar surface area (TPSA) is 32.3 Å². The SMILES string of the molecule is OCC1(Nc2cccc(F)c2)CCc2c(F)cccc21. The van der Waals surface area contributed by atoms with Crippen molar-refractivity contribution >= 4 is 5.69 Å². The molecule has 0 radical (unpaired) electrons. The lowest BCUT2D eigenvalue weighted by atomic mass is 9.92. The predicted molar refractivity (Wildman–Crippen MR) is 73.5 cm³/mol. The Hall–Kier alpha value is -1.94. The molecule has 20 heavy (non-hydrogen) atoms. The molecule has 0 saturated carbocycles. The van der Waals surface area contributed by atoms with E-state index in [0.29, 0.717) is 24.1 Å². The first kappa shape index (κ1) is 13.1. The third-order valence-electron chi connectivity index (χ3n) is 3.91. The van der Waals surface area contributed by atoms with Gasteiger partial charge in [-0.3, -0.25) is 0 Å². The molecule has 1 unspecified atom stereocenters. The molecular weight excluding hydrogens is 260 g/mol. The van der Waals surface area contributed by atoms with E-state index < -0.39 is 5.54 Å². The summed E-state index contributed by atoms with van der Waals surface area (Å²) in [4.78, 5) is 0. The third-order valence-corrected chi connectivity index (χ3v) is 3.91. The largest absolute Gasteiger partial charge is 0.394 e. The Morgan fingerprint density at radius 2 is 1.95 bits per heavy atom. The standard InChI is InChI=1S/C16H15F2NO/c17-11-3-1-4-12(9-11)19-16(10-20)8-7-13-14(16)5-2-6-15(13)18/h1-6,9,19-20H,7-8,10H2. The van der Waals surface area contributed by atoms with Crippen LogP contribution in [-0.4, -0.2) is 11.7 Å². The van der Waals surface area contributed by atoms with Gasteiger partial charge in [-0.1, -0.05) is 18.2 Å². The zero-order valence-corrected chi connectivity index (χ0v) is 10.9. The first-order chi connectivity index (χ1) is 9.64. The second-order valence-electron chi connectivity index (χ2n) is 5.14. The Balaban J connectivity index is 2.01. The maximum Gasteiger partial charge on any atom is 0.126 e. The third kappa shape index (κ3) is 2.06. The van der Waals surface area contributed by atoms with Crippen molar-refractivity contribution < 1.29 is 13.9 Å². The summed E-state index contributed by atoms with van der Waals surface area (Å²) >= 11 is 0. The number of anilines is 1. The summed E-state index contributed by atoms with van der Waals surface area (Å²) in [6.07, 6.45) is 1.14. The van der Waals surface area contributed by atoms with E-state index in [4.69, 9.17) is 0 Å². The predicted octanol–water partition coefficient (Wildman–Crippen LogP) is 3.21. The molecule has 3 rings (SSSR count). The minimum atomic E-state index is -0.745. The summed E-state index contributed by atoms with van der Waals surface area (Å²) in [5.74, 6) is -0.598. The number of rotatable bonds is 3. The van der Waals surface area contributed by atoms with Gasteiger partial charge in [0, 0.05) is 5.69 Å². The van der Waals surface area contributed by atoms with E-state index in [0.717, 1.165) is 5.56 Å². The zero-order valence-electron chi connectivity index (χ0n) is 10.9. The van der Waals surface area contributed by atoms with E-state index in [1.807, 2.05) is 6.07 Å². The van der Waals surface area contributed by atoms with Crippen LogP contribution in [0, 0.1) is 11.6 Å². The van der Waals surface area contributed by atoms with Gasteiger partial charge in [-0.25, -0.2) is 8.78 Å². The molecule has 1 atom stereocenters. The quantitative estimate of drug-likeness (QED) is 0.901. The van der Waals surface area contributed by atoms with Gasteiger partial charge in [0.25, 0.3) is 0 Å². The van der Waals surface area contributed by atoms with Gasteiger partial charge < -0.3 is 10.4 Å². The molecule has 1 aliphatic rings. The molecule has 104 valence electrons. The van der Waals surface area contributed by atoms with Crippen LogP contribution in [0.2, 0.25) is 0 Å². The van der Waals surface area contributed by atoms with Crippen molar-refractivity contribution in [3.63, 3.8) is 0 Å². The summed E-state index contributed by atoms with van der Waals surface area (Å²) in [5, 5.41) is 13.0. The van der Waals surface area contributed by atoms with Gasteiger partial charge in [0.2, 0.25) is 0 Å². The number of benzene rings is 2. The van der Waals surface area contributed by atoms with Crippen LogP contribution >= 0.6 is 0 Å². The molecule has 2 aromatic carbocycles. The molecule has 0 fully saturated rings. The van der Waals surface area contributed by atoms with Crippen LogP contribution in [0.3, 0.4) is 0 Å². The summed E-state index contributed by atoms with van der Waals surface area (Å²) in [5.41, 5.74) is 1.22. The minimum absolute atomic E-state index is 0.167. The molecule has 0 amide bonds. The maximum absolute atomic E-state index is 13.8. The molecule has 4 heteroatoms. The van der Waals surface area contributed by atoms with Gasteiger partial charge in [0.05, 0.1) is 12.1 Å². The lowest BCUT2D eigenvalue weighted by molar-refractivity contribution is 0.211. The number of nitrogens with one attached hydrogen (secondary N) is 1. The number of hydrogen-bond donors (Lipinski definition) is 2. The van der Waals surface area contributed by atoms with Crippen LogP contribution in [0.1, 0.15) is 17.5 Å². The molecule has 2 nitrogen and oxygen atoms in total. The molecule has 2 N–H and O–H groups in total. The molecule has 0 spiro atoms. The van der Waals surface area contributed by atoms with Crippen molar-refractivity contribution in [3.8, 4) is 0 Å². The average Bonchev–Trinajstić information content (AvgIpc) is 2.80. The van der Waals surface area contributed by atoms with E-state index >= 15 is 0 Å². The first-order valence-electron chi connectivity index (χ1n) is 6.57. The fourth-order valence-corrected chi connectivity index (χ4v) is 2.91. The number of fused-ring (bicyclic) bond motifs is 1. The van der Waals surface area contributed by atoms with Gasteiger partial charge >= 0.3 is 0 Å². The Kier molecular flexibility index (Phi) is 3.18. The maximum atomic E-state index is 13.8. The lowest BCUT2D eigenvalue weighted by Gasteiger charge is -2.31. The normalized spacial score (nSPS) is 20.8. The number of aliphatic hydroxyl groups is 1. The van der Waals surface area contributed by atoms with Crippen molar-refractivity contribution in [2.45, 2.75) is 18.4 Å². The molecule has 2 aromatic rings. The second kappa shape index (κ2) is 4.87. The monoisotopic (exact) mass is 275 g/mol. The highest BCUT2D eigenvalue weighted by molar-refractivity contribution is 5.52. The number of halogens is 2. The first-order valence-corrected chi connectivity index (χ1v) is 6.57. The molecule has 0 saturated heterocycles. The molecular formula is C16H15F2NO. The van der Waals surface area contributed by atoms with Gasteiger partial charge in [0.15, 0.2) is 0 Å². The highest BCUT2D eigenvalue weighted by Gasteiger charge is 2.39. The Morgan fingerprint density at radius 1 is 1.15 bits per heavy atom. The molecule has 0 heterocycles. The minimum Gasteiger partial charge on any atom is -0.394 e.